The van der Waals surface area contributed by atoms with Gasteiger partial charge in [0, 0.05) is 76.0 Å². The highest BCUT2D eigenvalue weighted by Gasteiger charge is 2.34. The third kappa shape index (κ3) is 7.07. The first-order valence-corrected chi connectivity index (χ1v) is 16.3. The van der Waals surface area contributed by atoms with Gasteiger partial charge in [-0.15, -0.1) is 0 Å². The Kier molecular flexibility index (Phi) is 9.02. The van der Waals surface area contributed by atoms with E-state index in [4.69, 9.17) is 4.84 Å². The molecule has 4 fully saturated rings. The molecule has 13 heteroatoms. The molecule has 0 unspecified atom stereocenters. The fourth-order valence-electron chi connectivity index (χ4n) is 7.02. The van der Waals surface area contributed by atoms with Gasteiger partial charge < -0.3 is 15.5 Å². The molecule has 4 heterocycles. The molecular weight excluding hydrogens is 609 g/mol. The molecule has 3 aromatic rings. The number of nitrogens with one attached hydrogen (secondary N) is 2. The predicted molar refractivity (Wildman–Crippen MR) is 174 cm³/mol. The molecule has 1 atom stereocenters. The van der Waals surface area contributed by atoms with Crippen molar-refractivity contribution in [1.82, 2.24) is 19.8 Å². The normalized spacial score (nSPS) is 21.2. The van der Waals surface area contributed by atoms with E-state index in [9.17, 15) is 13.6 Å². The van der Waals surface area contributed by atoms with Crippen LogP contribution in [0, 0.1) is 17.5 Å². The summed E-state index contributed by atoms with van der Waals surface area (Å²) in [4.78, 5) is 34.1. The van der Waals surface area contributed by atoms with Crippen molar-refractivity contribution in [2.75, 3.05) is 66.5 Å². The molecule has 248 valence electrons. The number of aromatic nitrogens is 2. The zero-order valence-corrected chi connectivity index (χ0v) is 26.2. The Morgan fingerprint density at radius 2 is 1.51 bits per heavy atom. The van der Waals surface area contributed by atoms with Crippen molar-refractivity contribution in [2.24, 2.45) is 0 Å². The Morgan fingerprint density at radius 1 is 0.830 bits per heavy atom. The van der Waals surface area contributed by atoms with Crippen LogP contribution in [0.5, 0.6) is 0 Å². The number of anilines is 5. The average molecular weight is 649 g/mol. The van der Waals surface area contributed by atoms with E-state index in [1.54, 1.807) is 12.1 Å². The number of benzene rings is 2. The minimum absolute atomic E-state index is 0.104. The van der Waals surface area contributed by atoms with Crippen molar-refractivity contribution >= 4 is 34.6 Å². The van der Waals surface area contributed by atoms with Gasteiger partial charge in [-0.3, -0.25) is 19.4 Å². The van der Waals surface area contributed by atoms with Crippen LogP contribution >= 0.6 is 0 Å². The number of hydroxylamine groups is 1. The highest BCUT2D eigenvalue weighted by molar-refractivity contribution is 6.01. The van der Waals surface area contributed by atoms with E-state index in [-0.39, 0.29) is 11.5 Å². The second kappa shape index (κ2) is 13.5. The average Bonchev–Trinajstić information content (AvgIpc) is 3.81. The Labute approximate surface area is 272 Å². The maximum absolute atomic E-state index is 15.7. The van der Waals surface area contributed by atoms with Crippen molar-refractivity contribution in [2.45, 2.75) is 50.2 Å². The summed E-state index contributed by atoms with van der Waals surface area (Å²) in [5, 5.41) is 7.33. The topological polar surface area (TPSA) is 89.1 Å². The van der Waals surface area contributed by atoms with E-state index in [1.807, 2.05) is 0 Å². The van der Waals surface area contributed by atoms with Gasteiger partial charge in [-0.1, -0.05) is 6.58 Å². The third-order valence-corrected chi connectivity index (χ3v) is 9.58. The van der Waals surface area contributed by atoms with Gasteiger partial charge in [0.2, 0.25) is 5.91 Å². The Hall–Kier alpha value is -4.20. The molecular formula is C34H39F3N8O2. The number of hydrogen-bond acceptors (Lipinski definition) is 9. The molecule has 7 rings (SSSR count). The van der Waals surface area contributed by atoms with E-state index < -0.39 is 29.4 Å². The molecule has 4 aliphatic rings. The predicted octanol–water partition coefficient (Wildman–Crippen LogP) is 5.39. The standard InChI is InChI=1S/C34H39F3N8O2/c1-2-34(46)41-29-19-28(27(37)18-31(29)44-8-5-26(6-9-44)43-12-10-42(11-13-43)25-3-4-25)40-32-20-33(39-21-38-32)45-30(7-14-47-45)22-15-23(35)17-24(36)16-22/h2,15-21,25-26,30H,1,3-14H2,(H,41,46)(H,38,39,40)/t30-/m1/s1. The fraction of sp³-hybridized carbons (Fsp3) is 0.441. The van der Waals surface area contributed by atoms with Crippen molar-refractivity contribution in [3.8, 4) is 0 Å². The molecule has 1 aliphatic carbocycles. The molecule has 0 spiro atoms. The molecule has 3 saturated heterocycles. The molecule has 1 saturated carbocycles. The van der Waals surface area contributed by atoms with E-state index in [0.29, 0.717) is 41.8 Å². The van der Waals surface area contributed by atoms with E-state index in [2.05, 4.69) is 41.9 Å². The Bertz CT molecular complexity index is 1600. The number of nitrogens with zero attached hydrogens (tertiary/aromatic N) is 6. The van der Waals surface area contributed by atoms with Gasteiger partial charge in [-0.2, -0.15) is 0 Å². The first-order chi connectivity index (χ1) is 22.8. The van der Waals surface area contributed by atoms with E-state index in [1.165, 1.54) is 48.5 Å². The van der Waals surface area contributed by atoms with Gasteiger partial charge >= 0.3 is 0 Å². The summed E-state index contributed by atoms with van der Waals surface area (Å²) < 4.78 is 43.7. The highest BCUT2D eigenvalue weighted by atomic mass is 19.1. The summed E-state index contributed by atoms with van der Waals surface area (Å²) in [5.74, 6) is -1.67. The van der Waals surface area contributed by atoms with Crippen LogP contribution < -0.4 is 20.6 Å². The maximum atomic E-state index is 15.7. The van der Waals surface area contributed by atoms with Crippen LogP contribution in [-0.4, -0.2) is 83.6 Å². The summed E-state index contributed by atoms with van der Waals surface area (Å²) in [7, 11) is 0. The monoisotopic (exact) mass is 648 g/mol. The minimum atomic E-state index is -0.679. The zero-order chi connectivity index (χ0) is 32.5. The van der Waals surface area contributed by atoms with Gasteiger partial charge in [0.25, 0.3) is 0 Å². The molecule has 3 aliphatic heterocycles. The molecule has 0 bridgehead atoms. The van der Waals surface area contributed by atoms with Crippen LogP contribution in [0.3, 0.4) is 0 Å². The molecule has 1 aromatic heterocycles. The van der Waals surface area contributed by atoms with Crippen LogP contribution in [0.25, 0.3) is 0 Å². The number of hydrogen-bond donors (Lipinski definition) is 2. The largest absolute Gasteiger partial charge is 0.370 e. The summed E-state index contributed by atoms with van der Waals surface area (Å²) >= 11 is 0. The first-order valence-electron chi connectivity index (χ1n) is 16.3. The lowest BCUT2D eigenvalue weighted by atomic mass is 10.0. The number of piperazine rings is 1. The fourth-order valence-corrected chi connectivity index (χ4v) is 7.02. The quantitative estimate of drug-likeness (QED) is 0.297. The molecule has 10 nitrogen and oxygen atoms in total. The zero-order valence-electron chi connectivity index (χ0n) is 26.2. The summed E-state index contributed by atoms with van der Waals surface area (Å²) in [5.41, 5.74) is 1.59. The van der Waals surface area contributed by atoms with Gasteiger partial charge in [0.1, 0.15) is 29.6 Å². The second-order valence-corrected chi connectivity index (χ2v) is 12.6. The van der Waals surface area contributed by atoms with E-state index >= 15 is 4.39 Å². The third-order valence-electron chi connectivity index (χ3n) is 9.58. The maximum Gasteiger partial charge on any atom is 0.247 e. The molecule has 2 N–H and O–H groups in total. The number of piperidine rings is 1. The van der Waals surface area contributed by atoms with Crippen LogP contribution in [0.15, 0.2) is 55.4 Å². The number of carbonyl (C=O) groups is 1. The van der Waals surface area contributed by atoms with Gasteiger partial charge in [-0.25, -0.2) is 28.2 Å². The van der Waals surface area contributed by atoms with Crippen molar-refractivity contribution in [1.29, 1.82) is 0 Å². The lowest BCUT2D eigenvalue weighted by Gasteiger charge is -2.43. The molecule has 1 amide bonds. The summed E-state index contributed by atoms with van der Waals surface area (Å²) in [6.07, 6.45) is 7.57. The number of halogens is 3. The van der Waals surface area contributed by atoms with Crippen molar-refractivity contribution in [3.63, 3.8) is 0 Å². The smallest absolute Gasteiger partial charge is 0.247 e. The molecule has 2 aromatic carbocycles. The number of carbonyl (C=O) groups excluding carboxylic acids is 1. The van der Waals surface area contributed by atoms with E-state index in [0.717, 1.165) is 64.2 Å². The number of amides is 1. The SMILES string of the molecule is C=CC(=O)Nc1cc(Nc2cc(N3OCC[C@@H]3c3cc(F)cc(F)c3)ncn2)c(F)cc1N1CCC(N2CCN(C3CC3)CC2)CC1. The van der Waals surface area contributed by atoms with Crippen LogP contribution in [-0.2, 0) is 9.63 Å². The van der Waals surface area contributed by atoms with Crippen LogP contribution in [0.1, 0.15) is 43.7 Å². The highest BCUT2D eigenvalue weighted by Crippen LogP contribution is 2.38. The first kappa shape index (κ1) is 31.4. The molecule has 0 radical (unpaired) electrons. The van der Waals surface area contributed by atoms with Crippen LogP contribution in [0.2, 0.25) is 0 Å². The Balaban J connectivity index is 1.06. The summed E-state index contributed by atoms with van der Waals surface area (Å²) in [6.45, 7) is 9.85. The van der Waals surface area contributed by atoms with Gasteiger partial charge in [-0.05, 0) is 55.5 Å². The number of rotatable bonds is 9. The van der Waals surface area contributed by atoms with Gasteiger partial charge in [0.15, 0.2) is 5.82 Å². The summed E-state index contributed by atoms with van der Waals surface area (Å²) in [6, 6.07) is 8.75. The minimum Gasteiger partial charge on any atom is -0.370 e. The van der Waals surface area contributed by atoms with Crippen molar-refractivity contribution < 1.29 is 22.8 Å². The second-order valence-electron chi connectivity index (χ2n) is 12.6. The lowest BCUT2D eigenvalue weighted by molar-refractivity contribution is -0.111. The molecule has 47 heavy (non-hydrogen) atoms. The Morgan fingerprint density at radius 3 is 2.17 bits per heavy atom. The lowest BCUT2D eigenvalue weighted by Crippen LogP contribution is -2.53. The van der Waals surface area contributed by atoms with Gasteiger partial charge in [0.05, 0.1) is 29.7 Å². The van der Waals surface area contributed by atoms with Crippen molar-refractivity contribution in [3.05, 3.63) is 78.4 Å². The van der Waals surface area contributed by atoms with Crippen LogP contribution in [0.4, 0.5) is 41.9 Å².